The molecule has 2 amide bonds. The summed E-state index contributed by atoms with van der Waals surface area (Å²) in [6, 6.07) is 15.6. The van der Waals surface area contributed by atoms with Crippen LogP contribution >= 0.6 is 34.2 Å². The molecule has 0 unspecified atom stereocenters. The molecule has 0 atom stereocenters. The monoisotopic (exact) mass is 441 g/mol. The molecule has 1 saturated heterocycles. The molecule has 1 N–H and O–H groups in total. The Morgan fingerprint density at radius 2 is 1.74 bits per heavy atom. The lowest BCUT2D eigenvalue weighted by Crippen LogP contribution is -2.50. The van der Waals surface area contributed by atoms with Crippen molar-refractivity contribution >= 4 is 51.6 Å². The molecule has 0 saturated carbocycles. The Morgan fingerprint density at radius 3 is 2.39 bits per heavy atom. The van der Waals surface area contributed by atoms with Gasteiger partial charge in [0.15, 0.2) is 0 Å². The van der Waals surface area contributed by atoms with Crippen LogP contribution in [0.1, 0.15) is 0 Å². The summed E-state index contributed by atoms with van der Waals surface area (Å²) >= 11 is 8.16. The van der Waals surface area contributed by atoms with Crippen molar-refractivity contribution in [3.05, 3.63) is 57.1 Å². The highest BCUT2D eigenvalue weighted by molar-refractivity contribution is 14.1. The first-order chi connectivity index (χ1) is 11.1. The number of hydrogen-bond donors (Lipinski definition) is 1. The van der Waals surface area contributed by atoms with Crippen molar-refractivity contribution in [3.63, 3.8) is 0 Å². The van der Waals surface area contributed by atoms with Crippen molar-refractivity contribution in [3.8, 4) is 0 Å². The van der Waals surface area contributed by atoms with Crippen LogP contribution in [0.5, 0.6) is 0 Å². The summed E-state index contributed by atoms with van der Waals surface area (Å²) in [5.74, 6) is 0. The summed E-state index contributed by atoms with van der Waals surface area (Å²) in [5, 5.41) is 3.70. The number of carbonyl (C=O) groups is 1. The van der Waals surface area contributed by atoms with Gasteiger partial charge in [-0.25, -0.2) is 4.79 Å². The molecule has 0 aromatic heterocycles. The minimum atomic E-state index is -0.0391. The van der Waals surface area contributed by atoms with Gasteiger partial charge in [-0.2, -0.15) is 0 Å². The molecule has 3 rings (SSSR count). The van der Waals surface area contributed by atoms with Crippen molar-refractivity contribution in [1.82, 2.24) is 4.90 Å². The molecule has 4 nitrogen and oxygen atoms in total. The maximum Gasteiger partial charge on any atom is 0.321 e. The van der Waals surface area contributed by atoms with E-state index in [-0.39, 0.29) is 6.03 Å². The number of urea groups is 1. The van der Waals surface area contributed by atoms with Gasteiger partial charge in [0.2, 0.25) is 0 Å². The topological polar surface area (TPSA) is 35.6 Å². The first-order valence-corrected chi connectivity index (χ1v) is 8.89. The van der Waals surface area contributed by atoms with Crippen LogP contribution in [0, 0.1) is 3.57 Å². The number of anilines is 2. The van der Waals surface area contributed by atoms with Gasteiger partial charge in [-0.3, -0.25) is 0 Å². The van der Waals surface area contributed by atoms with E-state index in [1.54, 1.807) is 0 Å². The molecule has 1 heterocycles. The number of carbonyl (C=O) groups excluding carboxylic acids is 1. The molecule has 1 fully saturated rings. The minimum Gasteiger partial charge on any atom is -0.368 e. The average molecular weight is 442 g/mol. The van der Waals surface area contributed by atoms with Gasteiger partial charge in [0.05, 0.1) is 0 Å². The van der Waals surface area contributed by atoms with E-state index < -0.39 is 0 Å². The van der Waals surface area contributed by atoms with Crippen LogP contribution in [0.4, 0.5) is 16.2 Å². The van der Waals surface area contributed by atoms with Gasteiger partial charge in [-0.1, -0.05) is 17.7 Å². The quantitative estimate of drug-likeness (QED) is 0.706. The second-order valence-corrected chi connectivity index (χ2v) is 7.07. The Balaban J connectivity index is 1.56. The van der Waals surface area contributed by atoms with Crippen LogP contribution in [-0.2, 0) is 0 Å². The largest absolute Gasteiger partial charge is 0.368 e. The molecule has 0 radical (unpaired) electrons. The second-order valence-electron chi connectivity index (χ2n) is 5.39. The zero-order valence-corrected chi connectivity index (χ0v) is 15.4. The molecule has 23 heavy (non-hydrogen) atoms. The Bertz CT molecular complexity index is 684. The fraction of sp³-hybridized carbons (Fsp3) is 0.235. The standard InChI is InChI=1S/C17H17ClIN3O/c18-13-4-6-16(7-5-13)21-8-10-22(11-9-21)17(23)20-15-3-1-2-14(19)12-15/h1-7,12H,8-11H2,(H,20,23). The van der Waals surface area contributed by atoms with Gasteiger partial charge in [0.1, 0.15) is 0 Å². The van der Waals surface area contributed by atoms with E-state index in [1.807, 2.05) is 53.4 Å². The summed E-state index contributed by atoms with van der Waals surface area (Å²) < 4.78 is 1.10. The Hall–Kier alpha value is -1.47. The molecule has 1 aliphatic heterocycles. The highest BCUT2D eigenvalue weighted by Gasteiger charge is 2.21. The van der Waals surface area contributed by atoms with E-state index in [0.717, 1.165) is 33.1 Å². The predicted octanol–water partition coefficient (Wildman–Crippen LogP) is 4.30. The van der Waals surface area contributed by atoms with Crippen molar-refractivity contribution in [1.29, 1.82) is 0 Å². The number of nitrogens with one attached hydrogen (secondary N) is 1. The number of nitrogens with zero attached hydrogens (tertiary/aromatic N) is 2. The molecule has 0 aliphatic carbocycles. The molecule has 0 bridgehead atoms. The van der Waals surface area contributed by atoms with Gasteiger partial charge in [-0.05, 0) is 65.1 Å². The minimum absolute atomic E-state index is 0.0391. The molecule has 2 aromatic rings. The highest BCUT2D eigenvalue weighted by Crippen LogP contribution is 2.20. The number of benzene rings is 2. The summed E-state index contributed by atoms with van der Waals surface area (Å²) in [6.07, 6.45) is 0. The Kier molecular flexibility index (Phi) is 5.27. The van der Waals surface area contributed by atoms with E-state index in [9.17, 15) is 4.79 Å². The van der Waals surface area contributed by atoms with Gasteiger partial charge >= 0.3 is 6.03 Å². The van der Waals surface area contributed by atoms with Crippen LogP contribution in [0.3, 0.4) is 0 Å². The van der Waals surface area contributed by atoms with Crippen molar-refractivity contribution in [2.75, 3.05) is 36.4 Å². The van der Waals surface area contributed by atoms with Crippen LogP contribution < -0.4 is 10.2 Å². The first kappa shape index (κ1) is 16.4. The first-order valence-electron chi connectivity index (χ1n) is 7.44. The fourth-order valence-corrected chi connectivity index (χ4v) is 3.26. The molecule has 2 aromatic carbocycles. The number of rotatable bonds is 2. The van der Waals surface area contributed by atoms with E-state index in [1.165, 1.54) is 0 Å². The lowest BCUT2D eigenvalue weighted by Gasteiger charge is -2.36. The number of amides is 2. The van der Waals surface area contributed by atoms with E-state index >= 15 is 0 Å². The fourth-order valence-electron chi connectivity index (χ4n) is 2.59. The zero-order valence-electron chi connectivity index (χ0n) is 12.5. The van der Waals surface area contributed by atoms with Crippen LogP contribution in [-0.4, -0.2) is 37.1 Å². The SMILES string of the molecule is O=C(Nc1cccc(I)c1)N1CCN(c2ccc(Cl)cc2)CC1. The highest BCUT2D eigenvalue weighted by atomic mass is 127. The normalized spacial score (nSPS) is 14.7. The van der Waals surface area contributed by atoms with E-state index in [4.69, 9.17) is 11.6 Å². The lowest BCUT2D eigenvalue weighted by molar-refractivity contribution is 0.208. The van der Waals surface area contributed by atoms with Gasteiger partial charge in [0.25, 0.3) is 0 Å². The van der Waals surface area contributed by atoms with Gasteiger partial charge in [-0.15, -0.1) is 0 Å². The molecule has 1 aliphatic rings. The van der Waals surface area contributed by atoms with E-state index in [0.29, 0.717) is 13.1 Å². The molecular formula is C17H17ClIN3O. The third kappa shape index (κ3) is 4.29. The van der Waals surface area contributed by atoms with Crippen molar-refractivity contribution in [2.45, 2.75) is 0 Å². The predicted molar refractivity (Wildman–Crippen MR) is 103 cm³/mol. The second kappa shape index (κ2) is 7.40. The Labute approximate surface area is 154 Å². The molecule has 0 spiro atoms. The summed E-state index contributed by atoms with van der Waals surface area (Å²) in [4.78, 5) is 16.5. The van der Waals surface area contributed by atoms with Crippen LogP contribution in [0.15, 0.2) is 48.5 Å². The summed E-state index contributed by atoms with van der Waals surface area (Å²) in [5.41, 5.74) is 1.98. The summed E-state index contributed by atoms with van der Waals surface area (Å²) in [7, 11) is 0. The average Bonchev–Trinajstić information content (AvgIpc) is 2.56. The van der Waals surface area contributed by atoms with E-state index in [2.05, 4.69) is 32.8 Å². The van der Waals surface area contributed by atoms with Crippen molar-refractivity contribution < 1.29 is 4.79 Å². The van der Waals surface area contributed by atoms with Crippen LogP contribution in [0.25, 0.3) is 0 Å². The number of hydrogen-bond acceptors (Lipinski definition) is 2. The zero-order chi connectivity index (χ0) is 16.2. The third-order valence-corrected chi connectivity index (χ3v) is 4.76. The maximum absolute atomic E-state index is 12.3. The third-order valence-electron chi connectivity index (χ3n) is 3.83. The number of piperazine rings is 1. The molecule has 6 heteroatoms. The lowest BCUT2D eigenvalue weighted by atomic mass is 10.2. The maximum atomic E-state index is 12.3. The molecular weight excluding hydrogens is 425 g/mol. The smallest absolute Gasteiger partial charge is 0.321 e. The van der Waals surface area contributed by atoms with Crippen molar-refractivity contribution in [2.24, 2.45) is 0 Å². The van der Waals surface area contributed by atoms with Gasteiger partial charge in [0, 0.05) is 46.1 Å². The van der Waals surface area contributed by atoms with Gasteiger partial charge < -0.3 is 15.1 Å². The number of halogens is 2. The summed E-state index contributed by atoms with van der Waals surface area (Å²) in [6.45, 7) is 3.06. The molecule has 120 valence electrons. The Morgan fingerprint density at radius 1 is 1.04 bits per heavy atom. The van der Waals surface area contributed by atoms with Crippen LogP contribution in [0.2, 0.25) is 5.02 Å².